The Morgan fingerprint density at radius 3 is 2.80 bits per heavy atom. The maximum Gasteiger partial charge on any atom is 0.0628 e. The smallest absolute Gasteiger partial charge is 0.0628 e. The van der Waals surface area contributed by atoms with E-state index in [9.17, 15) is 0 Å². The molecule has 0 bridgehead atoms. The fourth-order valence-electron chi connectivity index (χ4n) is 1.16. The zero-order valence-corrected chi connectivity index (χ0v) is 6.01. The third kappa shape index (κ3) is 1.37. The summed E-state index contributed by atoms with van der Waals surface area (Å²) < 4.78 is 0. The summed E-state index contributed by atoms with van der Waals surface area (Å²) in [5.41, 5.74) is 6.87. The molecule has 2 nitrogen and oxygen atoms in total. The van der Waals surface area contributed by atoms with E-state index in [1.165, 1.54) is 12.0 Å². The average molecular weight is 136 g/mol. The van der Waals surface area contributed by atoms with E-state index in [2.05, 4.69) is 12.1 Å². The summed E-state index contributed by atoms with van der Waals surface area (Å²) in [5.74, 6) is 0.346. The summed E-state index contributed by atoms with van der Waals surface area (Å²) in [6.07, 6.45) is 5.11. The molecule has 0 aromatic heterocycles. The first-order valence-electron chi connectivity index (χ1n) is 3.64. The Balaban J connectivity index is 2.41. The molecule has 1 atom stereocenters. The predicted molar refractivity (Wildman–Crippen MR) is 40.1 cm³/mol. The molecular weight excluding hydrogens is 124 g/mol. The third-order valence-corrected chi connectivity index (χ3v) is 1.99. The predicted octanol–water partition coefficient (Wildman–Crippen LogP) is 1.20. The van der Waals surface area contributed by atoms with Crippen molar-refractivity contribution in [2.24, 2.45) is 11.7 Å². The number of rotatable bonds is 3. The fourth-order valence-corrected chi connectivity index (χ4v) is 1.16. The van der Waals surface area contributed by atoms with Gasteiger partial charge in [0.2, 0.25) is 0 Å². The van der Waals surface area contributed by atoms with Crippen molar-refractivity contribution in [1.29, 1.82) is 5.26 Å². The van der Waals surface area contributed by atoms with Crippen molar-refractivity contribution in [1.82, 2.24) is 0 Å². The van der Waals surface area contributed by atoms with Gasteiger partial charge in [0.15, 0.2) is 0 Å². The van der Waals surface area contributed by atoms with Gasteiger partial charge in [-0.15, -0.1) is 0 Å². The van der Waals surface area contributed by atoms with Crippen molar-refractivity contribution in [3.63, 3.8) is 0 Å². The van der Waals surface area contributed by atoms with Gasteiger partial charge in [0.1, 0.15) is 0 Å². The van der Waals surface area contributed by atoms with Crippen molar-refractivity contribution in [2.75, 3.05) is 6.54 Å². The van der Waals surface area contributed by atoms with E-state index in [0.29, 0.717) is 18.9 Å². The summed E-state index contributed by atoms with van der Waals surface area (Å²) in [4.78, 5) is 0. The minimum Gasteiger partial charge on any atom is -0.330 e. The lowest BCUT2D eigenvalue weighted by molar-refractivity contribution is 0.582. The second-order valence-corrected chi connectivity index (χ2v) is 2.61. The molecule has 0 aromatic carbocycles. The monoisotopic (exact) mass is 136 g/mol. The first kappa shape index (κ1) is 7.30. The summed E-state index contributed by atoms with van der Waals surface area (Å²) in [5, 5.41) is 8.40. The molecule has 0 aromatic rings. The van der Waals surface area contributed by atoms with Crippen LogP contribution in [0, 0.1) is 17.2 Å². The molecule has 0 saturated heterocycles. The molecule has 0 radical (unpaired) electrons. The van der Waals surface area contributed by atoms with E-state index in [1.807, 2.05) is 0 Å². The molecule has 0 spiro atoms. The van der Waals surface area contributed by atoms with Crippen LogP contribution >= 0.6 is 0 Å². The lowest BCUT2D eigenvalue weighted by atomic mass is 9.85. The Bertz CT molecular complexity index is 176. The van der Waals surface area contributed by atoms with Crippen LogP contribution in [0.4, 0.5) is 0 Å². The van der Waals surface area contributed by atoms with Gasteiger partial charge in [0.05, 0.1) is 6.07 Å². The maximum atomic E-state index is 8.40. The fraction of sp³-hybridized carbons (Fsp3) is 0.625. The van der Waals surface area contributed by atoms with Gasteiger partial charge in [-0.2, -0.15) is 5.26 Å². The van der Waals surface area contributed by atoms with Crippen LogP contribution in [0.1, 0.15) is 19.3 Å². The lowest BCUT2D eigenvalue weighted by Gasteiger charge is -2.21. The Hall–Kier alpha value is -0.810. The summed E-state index contributed by atoms with van der Waals surface area (Å²) in [7, 11) is 0. The molecule has 1 aliphatic rings. The van der Waals surface area contributed by atoms with Gasteiger partial charge in [0.25, 0.3) is 0 Å². The number of hydrogen-bond acceptors (Lipinski definition) is 2. The molecule has 0 aliphatic heterocycles. The van der Waals surface area contributed by atoms with Gasteiger partial charge in [-0.25, -0.2) is 0 Å². The number of nitrogens with two attached hydrogens (primary N) is 1. The number of hydrogen-bond donors (Lipinski definition) is 1. The van der Waals surface area contributed by atoms with Crippen LogP contribution in [0.2, 0.25) is 0 Å². The van der Waals surface area contributed by atoms with Crippen LogP contribution in [-0.2, 0) is 0 Å². The molecule has 1 aliphatic carbocycles. The molecular formula is C8H12N2. The van der Waals surface area contributed by atoms with E-state index in [1.54, 1.807) is 0 Å². The number of allylic oxidation sites excluding steroid dienone is 1. The van der Waals surface area contributed by atoms with Crippen molar-refractivity contribution in [2.45, 2.75) is 19.3 Å². The molecule has 1 unspecified atom stereocenters. The van der Waals surface area contributed by atoms with Crippen LogP contribution in [0.25, 0.3) is 0 Å². The highest BCUT2D eigenvalue weighted by Crippen LogP contribution is 2.27. The van der Waals surface area contributed by atoms with E-state index < -0.39 is 0 Å². The van der Waals surface area contributed by atoms with Crippen LogP contribution in [0.15, 0.2) is 11.6 Å². The molecule has 0 amide bonds. The first-order valence-corrected chi connectivity index (χ1v) is 3.64. The zero-order valence-electron chi connectivity index (χ0n) is 6.01. The second kappa shape index (κ2) is 3.38. The quantitative estimate of drug-likeness (QED) is 0.592. The van der Waals surface area contributed by atoms with E-state index in [4.69, 9.17) is 11.0 Å². The normalized spacial score (nSPS) is 18.6. The Kier molecular flexibility index (Phi) is 2.47. The Morgan fingerprint density at radius 2 is 2.50 bits per heavy atom. The standard InChI is InChI=1S/C8H12N2/c9-5-4-8(6-10)7-2-1-3-7/h2,8H,1,3-4,6,10H2. The van der Waals surface area contributed by atoms with Gasteiger partial charge >= 0.3 is 0 Å². The minimum absolute atomic E-state index is 0.346. The molecule has 2 heteroatoms. The van der Waals surface area contributed by atoms with E-state index in [-0.39, 0.29) is 0 Å². The first-order chi connectivity index (χ1) is 4.88. The van der Waals surface area contributed by atoms with Gasteiger partial charge in [-0.05, 0) is 19.4 Å². The van der Waals surface area contributed by atoms with Crippen molar-refractivity contribution >= 4 is 0 Å². The summed E-state index contributed by atoms with van der Waals surface area (Å²) in [6, 6.07) is 2.15. The van der Waals surface area contributed by atoms with Gasteiger partial charge in [-0.1, -0.05) is 11.6 Å². The van der Waals surface area contributed by atoms with Gasteiger partial charge < -0.3 is 5.73 Å². The molecule has 0 saturated carbocycles. The number of nitriles is 1. The summed E-state index contributed by atoms with van der Waals surface area (Å²) in [6.45, 7) is 0.624. The summed E-state index contributed by atoms with van der Waals surface area (Å²) >= 11 is 0. The Labute approximate surface area is 61.3 Å². The topological polar surface area (TPSA) is 49.8 Å². The average Bonchev–Trinajstić information content (AvgIpc) is 1.83. The highest BCUT2D eigenvalue weighted by atomic mass is 14.6. The van der Waals surface area contributed by atoms with Crippen LogP contribution < -0.4 is 5.73 Å². The molecule has 10 heavy (non-hydrogen) atoms. The SMILES string of the molecule is N#CCC(CN)C1=CCC1. The van der Waals surface area contributed by atoms with Crippen LogP contribution in [-0.4, -0.2) is 6.54 Å². The third-order valence-electron chi connectivity index (χ3n) is 1.99. The Morgan fingerprint density at radius 1 is 1.80 bits per heavy atom. The van der Waals surface area contributed by atoms with Gasteiger partial charge in [-0.3, -0.25) is 0 Å². The molecule has 0 heterocycles. The van der Waals surface area contributed by atoms with Crippen LogP contribution in [0.3, 0.4) is 0 Å². The van der Waals surface area contributed by atoms with Crippen molar-refractivity contribution in [3.05, 3.63) is 11.6 Å². The molecule has 1 rings (SSSR count). The van der Waals surface area contributed by atoms with Crippen molar-refractivity contribution < 1.29 is 0 Å². The van der Waals surface area contributed by atoms with E-state index in [0.717, 1.165) is 6.42 Å². The minimum atomic E-state index is 0.346. The molecule has 0 fully saturated rings. The molecule has 54 valence electrons. The molecule has 2 N–H and O–H groups in total. The highest BCUT2D eigenvalue weighted by molar-refractivity contribution is 5.17. The van der Waals surface area contributed by atoms with E-state index >= 15 is 0 Å². The number of nitrogens with zero attached hydrogens (tertiary/aromatic N) is 1. The maximum absolute atomic E-state index is 8.40. The highest BCUT2D eigenvalue weighted by Gasteiger charge is 2.15. The van der Waals surface area contributed by atoms with Crippen LogP contribution in [0.5, 0.6) is 0 Å². The van der Waals surface area contributed by atoms with Crippen molar-refractivity contribution in [3.8, 4) is 6.07 Å². The lowest BCUT2D eigenvalue weighted by Crippen LogP contribution is -2.18. The largest absolute Gasteiger partial charge is 0.330 e. The zero-order chi connectivity index (χ0) is 7.40. The second-order valence-electron chi connectivity index (χ2n) is 2.61. The van der Waals surface area contributed by atoms with Gasteiger partial charge in [0, 0.05) is 12.3 Å².